The van der Waals surface area contributed by atoms with Crippen LogP contribution in [0.1, 0.15) is 153 Å². The summed E-state index contributed by atoms with van der Waals surface area (Å²) < 4.78 is 21.9. The smallest absolute Gasteiger partial charge is 0.116 e. The summed E-state index contributed by atoms with van der Waals surface area (Å²) >= 11 is 14.0. The monoisotopic (exact) mass is 850 g/mol. The van der Waals surface area contributed by atoms with Gasteiger partial charge >= 0.3 is 0 Å². The number of hydrogen-bond donors (Lipinski definition) is 0. The zero-order valence-corrected chi connectivity index (χ0v) is 35.3. The van der Waals surface area contributed by atoms with E-state index in [0.29, 0.717) is 0 Å². The minimum atomic E-state index is 0.954. The molecule has 0 atom stereocenters. The van der Waals surface area contributed by atoms with Gasteiger partial charge in [0.2, 0.25) is 0 Å². The van der Waals surface area contributed by atoms with Crippen LogP contribution in [0.15, 0.2) is 28.4 Å². The van der Waals surface area contributed by atoms with Gasteiger partial charge in [-0.2, -0.15) is 17.5 Å². The van der Waals surface area contributed by atoms with Crippen molar-refractivity contribution in [1.82, 2.24) is 8.75 Å². The van der Waals surface area contributed by atoms with E-state index in [-0.39, 0.29) is 0 Å². The Kier molecular flexibility index (Phi) is 16.8. The van der Waals surface area contributed by atoms with Crippen molar-refractivity contribution < 1.29 is 0 Å². The van der Waals surface area contributed by atoms with Crippen molar-refractivity contribution in [3.8, 4) is 20.9 Å². The number of aromatic nitrogens is 2. The lowest BCUT2D eigenvalue weighted by atomic mass is 9.99. The van der Waals surface area contributed by atoms with E-state index in [2.05, 4.69) is 57.8 Å². The van der Waals surface area contributed by atoms with Crippen LogP contribution in [-0.4, -0.2) is 8.75 Å². The first-order valence-corrected chi connectivity index (χ1v) is 23.3. The minimum absolute atomic E-state index is 0.954. The second-order valence-electron chi connectivity index (χ2n) is 13.4. The third kappa shape index (κ3) is 10.6. The van der Waals surface area contributed by atoms with Crippen LogP contribution in [0.4, 0.5) is 11.4 Å². The summed E-state index contributed by atoms with van der Waals surface area (Å²) in [5.41, 5.74) is 8.78. The Morgan fingerprint density at radius 3 is 1.23 bits per heavy atom. The molecule has 0 N–H and O–H groups in total. The fourth-order valence-electron chi connectivity index (χ4n) is 6.73. The van der Waals surface area contributed by atoms with Crippen molar-refractivity contribution in [3.05, 3.63) is 30.8 Å². The Hall–Kier alpha value is -0.780. The van der Waals surface area contributed by atoms with E-state index in [1.807, 2.05) is 0 Å². The normalized spacial score (nSPS) is 12.4. The molecule has 0 bridgehead atoms. The molecule has 1 aliphatic heterocycles. The molecular formula is C38H52Br2N4S4. The molecule has 0 amide bonds. The lowest BCUT2D eigenvalue weighted by Crippen LogP contribution is -1.87. The lowest BCUT2D eigenvalue weighted by Gasteiger charge is -2.09. The van der Waals surface area contributed by atoms with Crippen molar-refractivity contribution in [2.45, 2.75) is 155 Å². The summed E-state index contributed by atoms with van der Waals surface area (Å²) in [6.07, 6.45) is 29.4. The molecule has 3 aromatic heterocycles. The van der Waals surface area contributed by atoms with Crippen LogP contribution in [0.2, 0.25) is 0 Å². The zero-order chi connectivity index (χ0) is 33.6. The van der Waals surface area contributed by atoms with E-state index in [1.165, 1.54) is 180 Å². The van der Waals surface area contributed by atoms with Crippen molar-refractivity contribution in [2.24, 2.45) is 8.73 Å². The third-order valence-electron chi connectivity index (χ3n) is 9.53. The highest BCUT2D eigenvalue weighted by Crippen LogP contribution is 2.55. The molecule has 0 fully saturated rings. The van der Waals surface area contributed by atoms with Gasteiger partial charge in [-0.05, 0) is 80.8 Å². The Labute approximate surface area is 321 Å². The molecule has 4 heterocycles. The Morgan fingerprint density at radius 1 is 0.500 bits per heavy atom. The quantitative estimate of drug-likeness (QED) is 0.0581. The molecule has 5 rings (SSSR count). The van der Waals surface area contributed by atoms with E-state index in [0.717, 1.165) is 46.4 Å². The van der Waals surface area contributed by atoms with Gasteiger partial charge in [0.25, 0.3) is 0 Å². The highest BCUT2D eigenvalue weighted by molar-refractivity contribution is 9.11. The molecular weight excluding hydrogens is 801 g/mol. The Bertz CT molecular complexity index is 1540. The fraction of sp³-hybridized carbons (Fsp3) is 0.632. The number of fused-ring (bicyclic) bond motifs is 2. The maximum atomic E-state index is 4.86. The summed E-state index contributed by atoms with van der Waals surface area (Å²) in [6, 6.07) is 4.72. The van der Waals surface area contributed by atoms with Crippen molar-refractivity contribution in [3.63, 3.8) is 0 Å². The standard InChI is InChI=1S/C38H52Br2N4S4/c1-3-5-7-9-11-13-15-17-19-21-23-27-25-29(45-37(27)39)31-33-35(43-47-41-33)32(36-34(31)42-48-44-36)30-26-28(38(40)46-30)24-22-20-18-16-14-12-10-8-6-4-2/h25-26H,3-24H2,1-2H3. The molecule has 1 aromatic carbocycles. The molecule has 0 spiro atoms. The van der Waals surface area contributed by atoms with Crippen LogP contribution >= 0.6 is 66.3 Å². The average Bonchev–Trinajstić information content (AvgIpc) is 3.90. The van der Waals surface area contributed by atoms with Gasteiger partial charge in [0.05, 0.1) is 30.7 Å². The van der Waals surface area contributed by atoms with Crippen molar-refractivity contribution in [1.29, 1.82) is 0 Å². The van der Waals surface area contributed by atoms with Gasteiger partial charge in [0.1, 0.15) is 22.4 Å². The molecule has 10 heteroatoms. The number of halogens is 2. The topological polar surface area (TPSA) is 50.5 Å². The van der Waals surface area contributed by atoms with E-state index in [9.17, 15) is 0 Å². The van der Waals surface area contributed by atoms with Crippen LogP contribution in [0.3, 0.4) is 0 Å². The van der Waals surface area contributed by atoms with Crippen LogP contribution in [0.25, 0.3) is 31.9 Å². The SMILES string of the molecule is CCCCCCCCCCCCc1cc(-c2c3c(c(-c4cc(CCCCCCCCCCCC)c(Br)s4)c4nsnc24)N=S=N3)sc1Br. The molecule has 0 unspecified atom stereocenters. The molecule has 0 saturated heterocycles. The molecule has 4 nitrogen and oxygen atoms in total. The first-order valence-electron chi connectivity index (χ1n) is 18.6. The van der Waals surface area contributed by atoms with Crippen molar-refractivity contribution >= 4 is 100 Å². The highest BCUT2D eigenvalue weighted by Gasteiger charge is 2.28. The Balaban J connectivity index is 1.21. The van der Waals surface area contributed by atoms with Gasteiger partial charge in [-0.15, -0.1) is 22.7 Å². The number of nitrogens with zero attached hydrogens (tertiary/aromatic N) is 4. The molecule has 262 valence electrons. The van der Waals surface area contributed by atoms with Gasteiger partial charge < -0.3 is 0 Å². The largest absolute Gasteiger partial charge is 0.172 e. The van der Waals surface area contributed by atoms with Gasteiger partial charge in [-0.3, -0.25) is 0 Å². The number of unbranched alkanes of at least 4 members (excludes halogenated alkanes) is 18. The van der Waals surface area contributed by atoms with Crippen LogP contribution in [-0.2, 0) is 24.2 Å². The van der Waals surface area contributed by atoms with Crippen LogP contribution in [0, 0.1) is 0 Å². The van der Waals surface area contributed by atoms with Gasteiger partial charge in [-0.25, -0.2) is 0 Å². The molecule has 0 radical (unpaired) electrons. The molecule has 0 aliphatic carbocycles. The number of benzene rings is 1. The number of thiophene rings is 2. The maximum absolute atomic E-state index is 4.86. The zero-order valence-electron chi connectivity index (χ0n) is 28.9. The molecule has 0 saturated carbocycles. The van der Waals surface area contributed by atoms with E-state index >= 15 is 0 Å². The van der Waals surface area contributed by atoms with Crippen LogP contribution < -0.4 is 0 Å². The fourth-order valence-corrected chi connectivity index (χ4v) is 11.5. The summed E-state index contributed by atoms with van der Waals surface area (Å²) in [7, 11) is 0. The summed E-state index contributed by atoms with van der Waals surface area (Å²) in [6.45, 7) is 4.58. The molecule has 1 aliphatic rings. The minimum Gasteiger partial charge on any atom is -0.172 e. The summed E-state index contributed by atoms with van der Waals surface area (Å²) in [5, 5.41) is 0. The van der Waals surface area contributed by atoms with Crippen LogP contribution in [0.5, 0.6) is 0 Å². The highest BCUT2D eigenvalue weighted by atomic mass is 79.9. The van der Waals surface area contributed by atoms with Gasteiger partial charge in [0, 0.05) is 20.9 Å². The van der Waals surface area contributed by atoms with Gasteiger partial charge in [-0.1, -0.05) is 129 Å². The second kappa shape index (κ2) is 20.9. The summed E-state index contributed by atoms with van der Waals surface area (Å²) in [4.78, 5) is 2.42. The Morgan fingerprint density at radius 2 is 0.854 bits per heavy atom. The number of hydrogen-bond acceptors (Lipinski definition) is 7. The third-order valence-corrected chi connectivity index (χ3v) is 14.5. The number of aryl methyl sites for hydroxylation is 2. The van der Waals surface area contributed by atoms with Crippen molar-refractivity contribution in [2.75, 3.05) is 0 Å². The lowest BCUT2D eigenvalue weighted by molar-refractivity contribution is 0.556. The van der Waals surface area contributed by atoms with E-state index < -0.39 is 0 Å². The predicted octanol–water partition coefficient (Wildman–Crippen LogP) is 16.3. The predicted molar refractivity (Wildman–Crippen MR) is 222 cm³/mol. The second-order valence-corrected chi connectivity index (χ2v) is 19.2. The first kappa shape index (κ1) is 38.5. The maximum Gasteiger partial charge on any atom is 0.116 e. The van der Waals surface area contributed by atoms with E-state index in [4.69, 9.17) is 17.5 Å². The molecule has 4 aromatic rings. The summed E-state index contributed by atoms with van der Waals surface area (Å²) in [5.74, 6) is 0. The number of rotatable bonds is 24. The van der Waals surface area contributed by atoms with E-state index in [1.54, 1.807) is 22.7 Å². The first-order chi connectivity index (χ1) is 23.6. The molecule has 48 heavy (non-hydrogen) atoms. The van der Waals surface area contributed by atoms with Gasteiger partial charge in [0.15, 0.2) is 0 Å². The average molecular weight is 853 g/mol.